The average Bonchev–Trinajstić information content (AvgIpc) is 2.83. The average molecular weight is 304 g/mol. The summed E-state index contributed by atoms with van der Waals surface area (Å²) in [6.45, 7) is 0.480. The molecule has 1 aromatic carbocycles. The quantitative estimate of drug-likeness (QED) is 0.943. The summed E-state index contributed by atoms with van der Waals surface area (Å²) in [7, 11) is 1.56. The maximum atomic E-state index is 12.5. The summed E-state index contributed by atoms with van der Waals surface area (Å²) in [5.74, 6) is -0.464. The number of halogens is 3. The van der Waals surface area contributed by atoms with E-state index < -0.39 is 17.5 Å². The van der Waals surface area contributed by atoms with Crippen LogP contribution in [0.1, 0.15) is 10.6 Å². The lowest BCUT2D eigenvalue weighted by molar-refractivity contribution is -0.137. The smallest absolute Gasteiger partial charge is 0.416 e. The van der Waals surface area contributed by atoms with Crippen LogP contribution in [0.15, 0.2) is 18.2 Å². The molecule has 0 atom stereocenters. The topological polar surface area (TPSA) is 55.2 Å². The fraction of sp³-hybridized carbons (Fsp3) is 0.333. The Morgan fingerprint density at radius 1 is 1.30 bits per heavy atom. The van der Waals surface area contributed by atoms with Gasteiger partial charge in [0, 0.05) is 13.5 Å². The molecule has 0 fully saturated rings. The van der Waals surface area contributed by atoms with Crippen LogP contribution in [-0.4, -0.2) is 29.0 Å². The second-order valence-corrected chi connectivity index (χ2v) is 5.04. The number of aromatic hydroxyl groups is 1. The SMILES string of the molecule is COCCc1nnc(-c2ccc(C(F)(F)F)cc2O)s1. The standard InChI is InChI=1S/C12H11F3N2O2S/c1-19-5-4-10-16-17-11(20-10)8-3-2-7(6-9(8)18)12(13,14)15/h2-3,6,18H,4-5H2,1H3. The van der Waals surface area contributed by atoms with Gasteiger partial charge in [0.05, 0.1) is 17.7 Å². The number of hydrogen-bond acceptors (Lipinski definition) is 5. The van der Waals surface area contributed by atoms with E-state index in [0.717, 1.165) is 6.07 Å². The zero-order valence-electron chi connectivity index (χ0n) is 10.4. The van der Waals surface area contributed by atoms with Gasteiger partial charge in [-0.2, -0.15) is 13.2 Å². The Balaban J connectivity index is 2.27. The van der Waals surface area contributed by atoms with Crippen LogP contribution < -0.4 is 0 Å². The molecule has 0 saturated carbocycles. The van der Waals surface area contributed by atoms with Crippen LogP contribution in [0.25, 0.3) is 10.6 Å². The first-order valence-electron chi connectivity index (χ1n) is 5.63. The number of benzene rings is 1. The molecule has 0 radical (unpaired) electrons. The number of methoxy groups -OCH3 is 1. The molecule has 20 heavy (non-hydrogen) atoms. The Labute approximate surface area is 116 Å². The van der Waals surface area contributed by atoms with E-state index in [1.807, 2.05) is 0 Å². The third kappa shape index (κ3) is 3.26. The number of ether oxygens (including phenoxy) is 1. The van der Waals surface area contributed by atoms with Gasteiger partial charge in [0.2, 0.25) is 0 Å². The minimum atomic E-state index is -4.49. The van der Waals surface area contributed by atoms with Gasteiger partial charge >= 0.3 is 6.18 Å². The Kier molecular flexibility index (Phi) is 4.24. The molecule has 0 amide bonds. The van der Waals surface area contributed by atoms with Crippen molar-refractivity contribution in [3.8, 4) is 16.3 Å². The van der Waals surface area contributed by atoms with Crippen molar-refractivity contribution < 1.29 is 23.0 Å². The first-order chi connectivity index (χ1) is 9.41. The molecule has 1 aromatic heterocycles. The molecule has 4 nitrogen and oxygen atoms in total. The van der Waals surface area contributed by atoms with Gasteiger partial charge in [-0.15, -0.1) is 10.2 Å². The molecule has 1 N–H and O–H groups in total. The minimum Gasteiger partial charge on any atom is -0.507 e. The summed E-state index contributed by atoms with van der Waals surface area (Å²) < 4.78 is 42.4. The molecule has 0 aliphatic carbocycles. The Morgan fingerprint density at radius 2 is 2.05 bits per heavy atom. The van der Waals surface area contributed by atoms with Crippen molar-refractivity contribution >= 4 is 11.3 Å². The molecule has 1 heterocycles. The van der Waals surface area contributed by atoms with Crippen molar-refractivity contribution in [3.05, 3.63) is 28.8 Å². The summed E-state index contributed by atoms with van der Waals surface area (Å²) in [6, 6.07) is 2.79. The molecule has 0 aliphatic rings. The Bertz CT molecular complexity index is 599. The second-order valence-electron chi connectivity index (χ2n) is 3.97. The van der Waals surface area contributed by atoms with E-state index in [4.69, 9.17) is 4.74 Å². The predicted molar refractivity (Wildman–Crippen MR) is 67.6 cm³/mol. The second kappa shape index (κ2) is 5.76. The van der Waals surface area contributed by atoms with Crippen LogP contribution in [0.4, 0.5) is 13.2 Å². The Morgan fingerprint density at radius 3 is 2.65 bits per heavy atom. The summed E-state index contributed by atoms with van der Waals surface area (Å²) in [4.78, 5) is 0. The third-order valence-corrected chi connectivity index (χ3v) is 3.56. The summed E-state index contributed by atoms with van der Waals surface area (Å²) in [5.41, 5.74) is -0.665. The molecule has 8 heteroatoms. The minimum absolute atomic E-state index is 0.235. The van der Waals surface area contributed by atoms with E-state index in [1.165, 1.54) is 17.4 Å². The highest BCUT2D eigenvalue weighted by Crippen LogP contribution is 2.37. The van der Waals surface area contributed by atoms with Gasteiger partial charge in [0.15, 0.2) is 5.01 Å². The number of phenols is 1. The number of phenolic OH excluding ortho intramolecular Hbond substituents is 1. The molecule has 108 valence electrons. The molecule has 2 rings (SSSR count). The van der Waals surface area contributed by atoms with Crippen LogP contribution in [0.5, 0.6) is 5.75 Å². The summed E-state index contributed by atoms with van der Waals surface area (Å²) >= 11 is 1.21. The zero-order chi connectivity index (χ0) is 14.8. The fourth-order valence-electron chi connectivity index (χ4n) is 1.54. The van der Waals surface area contributed by atoms with Crippen LogP contribution in [0.2, 0.25) is 0 Å². The highest BCUT2D eigenvalue weighted by atomic mass is 32.1. The van der Waals surface area contributed by atoms with E-state index in [-0.39, 0.29) is 5.56 Å². The van der Waals surface area contributed by atoms with E-state index in [0.29, 0.717) is 29.1 Å². The fourth-order valence-corrected chi connectivity index (χ4v) is 2.40. The summed E-state index contributed by atoms with van der Waals surface area (Å²) in [6.07, 6.45) is -3.92. The molecular formula is C12H11F3N2O2S. The van der Waals surface area contributed by atoms with Crippen molar-refractivity contribution in [3.63, 3.8) is 0 Å². The lowest BCUT2D eigenvalue weighted by Gasteiger charge is -2.08. The molecule has 0 bridgehead atoms. The van der Waals surface area contributed by atoms with Crippen molar-refractivity contribution in [1.29, 1.82) is 0 Å². The molecule has 2 aromatic rings. The molecular weight excluding hydrogens is 293 g/mol. The number of hydrogen-bond donors (Lipinski definition) is 1. The third-order valence-electron chi connectivity index (χ3n) is 2.54. The molecule has 0 aliphatic heterocycles. The number of rotatable bonds is 4. The zero-order valence-corrected chi connectivity index (χ0v) is 11.3. The van der Waals surface area contributed by atoms with E-state index in [9.17, 15) is 18.3 Å². The van der Waals surface area contributed by atoms with Crippen molar-refractivity contribution in [1.82, 2.24) is 10.2 Å². The maximum absolute atomic E-state index is 12.5. The molecule has 0 spiro atoms. The van der Waals surface area contributed by atoms with Gasteiger partial charge in [0.25, 0.3) is 0 Å². The number of nitrogens with zero attached hydrogens (tertiary/aromatic N) is 2. The first-order valence-corrected chi connectivity index (χ1v) is 6.45. The lowest BCUT2D eigenvalue weighted by atomic mass is 10.1. The first kappa shape index (κ1) is 14.7. The molecule has 0 unspecified atom stereocenters. The van der Waals surface area contributed by atoms with Crippen LogP contribution in [0, 0.1) is 0 Å². The van der Waals surface area contributed by atoms with E-state index >= 15 is 0 Å². The molecule has 0 saturated heterocycles. The van der Waals surface area contributed by atoms with E-state index in [1.54, 1.807) is 7.11 Å². The van der Waals surface area contributed by atoms with Gasteiger partial charge in [0.1, 0.15) is 10.8 Å². The van der Waals surface area contributed by atoms with Crippen molar-refractivity contribution in [2.75, 3.05) is 13.7 Å². The normalized spacial score (nSPS) is 11.8. The van der Waals surface area contributed by atoms with Gasteiger partial charge in [-0.1, -0.05) is 11.3 Å². The van der Waals surface area contributed by atoms with Crippen molar-refractivity contribution in [2.45, 2.75) is 12.6 Å². The highest BCUT2D eigenvalue weighted by Gasteiger charge is 2.31. The lowest BCUT2D eigenvalue weighted by Crippen LogP contribution is -2.04. The summed E-state index contributed by atoms with van der Waals surface area (Å²) in [5, 5.41) is 18.5. The number of aromatic nitrogens is 2. The predicted octanol–water partition coefficient (Wildman–Crippen LogP) is 3.12. The van der Waals surface area contributed by atoms with Gasteiger partial charge in [-0.25, -0.2) is 0 Å². The monoisotopic (exact) mass is 304 g/mol. The maximum Gasteiger partial charge on any atom is 0.416 e. The van der Waals surface area contributed by atoms with E-state index in [2.05, 4.69) is 10.2 Å². The van der Waals surface area contributed by atoms with Gasteiger partial charge in [-0.3, -0.25) is 0 Å². The highest BCUT2D eigenvalue weighted by molar-refractivity contribution is 7.14. The Hall–Kier alpha value is -1.67. The van der Waals surface area contributed by atoms with Crippen molar-refractivity contribution in [2.24, 2.45) is 0 Å². The largest absolute Gasteiger partial charge is 0.507 e. The van der Waals surface area contributed by atoms with Crippen LogP contribution in [0.3, 0.4) is 0 Å². The van der Waals surface area contributed by atoms with Gasteiger partial charge in [-0.05, 0) is 18.2 Å². The van der Waals surface area contributed by atoms with Crippen LogP contribution in [-0.2, 0) is 17.3 Å². The van der Waals surface area contributed by atoms with Gasteiger partial charge < -0.3 is 9.84 Å². The van der Waals surface area contributed by atoms with Crippen LogP contribution >= 0.6 is 11.3 Å². The number of alkyl halides is 3.